The molecule has 0 amide bonds. The Labute approximate surface area is 161 Å². The van der Waals surface area contributed by atoms with Gasteiger partial charge in [-0.15, -0.1) is 0 Å². The number of sulfone groups is 1. The van der Waals surface area contributed by atoms with Gasteiger partial charge in [0, 0.05) is 0 Å². The van der Waals surface area contributed by atoms with Crippen LogP contribution in [0.2, 0.25) is 0 Å². The van der Waals surface area contributed by atoms with E-state index in [9.17, 15) is 13.2 Å². The number of benzene rings is 1. The number of nitrogens with two attached hydrogens (primary N) is 1. The monoisotopic (exact) mass is 399 g/mol. The highest BCUT2D eigenvalue weighted by Crippen LogP contribution is 2.28. The summed E-state index contributed by atoms with van der Waals surface area (Å²) in [5, 5.41) is -0.784. The standard InChI is InChI=1S/C19H29NO6S/c1-19(2,3)26-18(21)14-11-17(13-24-12-14)27(22,23)16-7-5-15(6-8-16)25-10-4-9-20/h5-8,14,17H,4,9-13,20H2,1-3H3. The molecule has 0 aliphatic carbocycles. The molecule has 2 unspecified atom stereocenters. The van der Waals surface area contributed by atoms with Crippen LogP contribution in [-0.4, -0.2) is 51.6 Å². The Morgan fingerprint density at radius 2 is 1.89 bits per heavy atom. The summed E-state index contributed by atoms with van der Waals surface area (Å²) in [6, 6.07) is 6.28. The van der Waals surface area contributed by atoms with Gasteiger partial charge in [0.2, 0.25) is 0 Å². The molecule has 0 spiro atoms. The van der Waals surface area contributed by atoms with Crippen molar-refractivity contribution in [1.29, 1.82) is 0 Å². The van der Waals surface area contributed by atoms with Crippen LogP contribution < -0.4 is 10.5 Å². The minimum Gasteiger partial charge on any atom is -0.494 e. The highest BCUT2D eigenvalue weighted by Gasteiger charge is 2.38. The van der Waals surface area contributed by atoms with Crippen LogP contribution in [0.3, 0.4) is 0 Å². The summed E-state index contributed by atoms with van der Waals surface area (Å²) in [6.07, 6.45) is 0.914. The first-order valence-corrected chi connectivity index (χ1v) is 10.7. The second-order valence-electron chi connectivity index (χ2n) is 7.63. The summed E-state index contributed by atoms with van der Waals surface area (Å²) in [5.41, 5.74) is 4.80. The molecule has 0 radical (unpaired) electrons. The van der Waals surface area contributed by atoms with E-state index in [2.05, 4.69) is 0 Å². The second kappa shape index (κ2) is 9.03. The van der Waals surface area contributed by atoms with Crippen molar-refractivity contribution in [3.8, 4) is 5.75 Å². The van der Waals surface area contributed by atoms with Crippen LogP contribution in [0.1, 0.15) is 33.6 Å². The summed E-state index contributed by atoms with van der Waals surface area (Å²) < 4.78 is 42.1. The molecule has 1 aromatic carbocycles. The predicted octanol–water partition coefficient (Wildman–Crippen LogP) is 1.93. The summed E-state index contributed by atoms with van der Waals surface area (Å²) in [5.74, 6) is -0.420. The van der Waals surface area contributed by atoms with Crippen molar-refractivity contribution in [1.82, 2.24) is 0 Å². The zero-order chi connectivity index (χ0) is 20.1. The molecule has 1 heterocycles. The molecule has 152 valence electrons. The van der Waals surface area contributed by atoms with Crippen LogP contribution in [0.25, 0.3) is 0 Å². The molecular weight excluding hydrogens is 370 g/mol. The largest absolute Gasteiger partial charge is 0.494 e. The van der Waals surface area contributed by atoms with Crippen LogP contribution in [0, 0.1) is 5.92 Å². The third kappa shape index (κ3) is 6.19. The van der Waals surface area contributed by atoms with E-state index < -0.39 is 32.6 Å². The molecule has 7 nitrogen and oxygen atoms in total. The number of rotatable bonds is 7. The van der Waals surface area contributed by atoms with Crippen LogP contribution >= 0.6 is 0 Å². The number of ether oxygens (including phenoxy) is 3. The van der Waals surface area contributed by atoms with Gasteiger partial charge in [-0.2, -0.15) is 0 Å². The maximum absolute atomic E-state index is 12.9. The Morgan fingerprint density at radius 3 is 2.48 bits per heavy atom. The van der Waals surface area contributed by atoms with Gasteiger partial charge in [0.15, 0.2) is 9.84 Å². The summed E-state index contributed by atoms with van der Waals surface area (Å²) in [6.45, 7) is 6.59. The number of esters is 1. The SMILES string of the molecule is CC(C)(C)OC(=O)C1COCC(S(=O)(=O)c2ccc(OCCCN)cc2)C1. The average Bonchev–Trinajstić information content (AvgIpc) is 2.61. The predicted molar refractivity (Wildman–Crippen MR) is 101 cm³/mol. The normalized spacial score (nSPS) is 20.9. The zero-order valence-electron chi connectivity index (χ0n) is 16.1. The van der Waals surface area contributed by atoms with E-state index in [1.807, 2.05) is 0 Å². The molecule has 27 heavy (non-hydrogen) atoms. The lowest BCUT2D eigenvalue weighted by Gasteiger charge is -2.30. The molecule has 0 bridgehead atoms. The van der Waals surface area contributed by atoms with Gasteiger partial charge in [0.1, 0.15) is 11.4 Å². The molecule has 0 saturated carbocycles. The van der Waals surface area contributed by atoms with Crippen molar-refractivity contribution < 1.29 is 27.4 Å². The zero-order valence-corrected chi connectivity index (χ0v) is 17.0. The van der Waals surface area contributed by atoms with Crippen molar-refractivity contribution in [2.45, 2.75) is 49.4 Å². The Morgan fingerprint density at radius 1 is 1.22 bits per heavy atom. The van der Waals surface area contributed by atoms with Crippen LogP contribution in [0.15, 0.2) is 29.2 Å². The highest BCUT2D eigenvalue weighted by atomic mass is 32.2. The third-order valence-corrected chi connectivity index (χ3v) is 6.25. The molecule has 1 aliphatic rings. The molecule has 2 N–H and O–H groups in total. The van der Waals surface area contributed by atoms with E-state index in [1.54, 1.807) is 32.9 Å². The Kier molecular flexibility index (Phi) is 7.25. The second-order valence-corrected chi connectivity index (χ2v) is 9.86. The molecule has 1 aliphatic heterocycles. The van der Waals surface area contributed by atoms with E-state index in [-0.39, 0.29) is 24.5 Å². The topological polar surface area (TPSA) is 105 Å². The summed E-state index contributed by atoms with van der Waals surface area (Å²) in [4.78, 5) is 12.5. The molecule has 2 atom stereocenters. The van der Waals surface area contributed by atoms with Gasteiger partial charge in [-0.25, -0.2) is 8.42 Å². The molecule has 0 aromatic heterocycles. The van der Waals surface area contributed by atoms with Gasteiger partial charge in [-0.3, -0.25) is 4.79 Å². The average molecular weight is 400 g/mol. The van der Waals surface area contributed by atoms with E-state index >= 15 is 0 Å². The van der Waals surface area contributed by atoms with Crippen molar-refractivity contribution in [2.24, 2.45) is 11.7 Å². The van der Waals surface area contributed by atoms with Crippen LogP contribution in [0.4, 0.5) is 0 Å². The van der Waals surface area contributed by atoms with Gasteiger partial charge < -0.3 is 19.9 Å². The first-order chi connectivity index (χ1) is 12.6. The van der Waals surface area contributed by atoms with Gasteiger partial charge >= 0.3 is 5.97 Å². The van der Waals surface area contributed by atoms with E-state index in [0.717, 1.165) is 6.42 Å². The fraction of sp³-hybridized carbons (Fsp3) is 0.632. The highest BCUT2D eigenvalue weighted by molar-refractivity contribution is 7.92. The minimum atomic E-state index is -3.62. The van der Waals surface area contributed by atoms with Crippen LogP contribution in [0.5, 0.6) is 5.75 Å². The molecular formula is C19H29NO6S. The first-order valence-electron chi connectivity index (χ1n) is 9.11. The smallest absolute Gasteiger partial charge is 0.311 e. The molecule has 2 rings (SSSR count). The van der Waals surface area contributed by atoms with Crippen molar-refractivity contribution >= 4 is 15.8 Å². The maximum atomic E-state index is 12.9. The summed E-state index contributed by atoms with van der Waals surface area (Å²) >= 11 is 0. The van der Waals surface area contributed by atoms with E-state index in [4.69, 9.17) is 19.9 Å². The molecule has 1 saturated heterocycles. The lowest BCUT2D eigenvalue weighted by Crippen LogP contribution is -2.41. The van der Waals surface area contributed by atoms with Gasteiger partial charge in [0.05, 0.1) is 35.9 Å². The lowest BCUT2D eigenvalue weighted by atomic mass is 10.0. The summed E-state index contributed by atoms with van der Waals surface area (Å²) in [7, 11) is -3.62. The fourth-order valence-corrected chi connectivity index (χ4v) is 4.41. The Hall–Kier alpha value is -1.64. The number of carbonyl (C=O) groups is 1. The molecule has 8 heteroatoms. The Balaban J connectivity index is 2.05. The third-order valence-electron chi connectivity index (χ3n) is 4.12. The fourth-order valence-electron chi connectivity index (χ4n) is 2.75. The van der Waals surface area contributed by atoms with Crippen molar-refractivity contribution in [2.75, 3.05) is 26.4 Å². The van der Waals surface area contributed by atoms with Crippen molar-refractivity contribution in [3.05, 3.63) is 24.3 Å². The maximum Gasteiger partial charge on any atom is 0.311 e. The Bertz CT molecular complexity index is 724. The quantitative estimate of drug-likeness (QED) is 0.552. The number of carbonyl (C=O) groups excluding carboxylic acids is 1. The first kappa shape index (κ1) is 21.7. The minimum absolute atomic E-state index is 0.0659. The van der Waals surface area contributed by atoms with Crippen molar-refractivity contribution in [3.63, 3.8) is 0 Å². The lowest BCUT2D eigenvalue weighted by molar-refractivity contribution is -0.164. The van der Waals surface area contributed by atoms with Crippen LogP contribution in [-0.2, 0) is 24.1 Å². The van der Waals surface area contributed by atoms with Gasteiger partial charge in [0.25, 0.3) is 0 Å². The number of hydrogen-bond acceptors (Lipinski definition) is 7. The molecule has 1 fully saturated rings. The number of hydrogen-bond donors (Lipinski definition) is 1. The molecule has 1 aromatic rings. The van der Waals surface area contributed by atoms with E-state index in [1.165, 1.54) is 12.1 Å². The van der Waals surface area contributed by atoms with E-state index in [0.29, 0.717) is 18.9 Å². The van der Waals surface area contributed by atoms with Gasteiger partial charge in [-0.1, -0.05) is 0 Å². The van der Waals surface area contributed by atoms with Gasteiger partial charge in [-0.05, 0) is 64.4 Å².